The second kappa shape index (κ2) is 8.08. The average molecular weight is 403 g/mol. The van der Waals surface area contributed by atoms with Crippen LogP contribution in [0.3, 0.4) is 0 Å². The van der Waals surface area contributed by atoms with Crippen molar-refractivity contribution >= 4 is 27.2 Å². The van der Waals surface area contributed by atoms with Crippen molar-refractivity contribution in [3.63, 3.8) is 0 Å². The Morgan fingerprint density at radius 1 is 1.18 bits per heavy atom. The number of thiophene rings is 1. The van der Waals surface area contributed by atoms with Crippen LogP contribution in [0.15, 0.2) is 36.4 Å². The summed E-state index contributed by atoms with van der Waals surface area (Å²) in [6.45, 7) is 6.07. The Labute approximate surface area is 167 Å². The zero-order chi connectivity index (χ0) is 20.5. The van der Waals surface area contributed by atoms with Crippen LogP contribution in [0.5, 0.6) is 0 Å². The first-order chi connectivity index (χ1) is 13.1. The van der Waals surface area contributed by atoms with E-state index in [0.29, 0.717) is 29.0 Å². The molecule has 0 aliphatic carbocycles. The smallest absolute Gasteiger partial charge is 0.294 e. The number of halogens is 3. The van der Waals surface area contributed by atoms with E-state index in [4.69, 9.17) is 0 Å². The summed E-state index contributed by atoms with van der Waals surface area (Å²) in [5.41, 5.74) is 1.91. The summed E-state index contributed by atoms with van der Waals surface area (Å²) in [4.78, 5) is 13.5. The minimum absolute atomic E-state index is 0.00707. The third-order valence-corrected chi connectivity index (χ3v) is 5.89. The summed E-state index contributed by atoms with van der Waals surface area (Å²) < 4.78 is 39.8. The molecule has 0 bridgehead atoms. The second-order valence-electron chi connectivity index (χ2n) is 7.48. The molecule has 0 saturated carbocycles. The molecule has 0 aliphatic heterocycles. The summed E-state index contributed by atoms with van der Waals surface area (Å²) in [6, 6.07) is 12.5. The molecule has 3 rings (SSSR count). The number of alkyl halides is 3. The first-order valence-electron chi connectivity index (χ1n) is 9.28. The number of aryl methyl sites for hydroxylation is 2. The number of hydrogen-bond donors (Lipinski definition) is 0. The Morgan fingerprint density at radius 2 is 1.93 bits per heavy atom. The quantitative estimate of drug-likeness (QED) is 0.403. The molecule has 0 N–H and O–H groups in total. The highest BCUT2D eigenvalue weighted by atomic mass is 32.1. The highest BCUT2D eigenvalue weighted by Gasteiger charge is 2.31. The number of rotatable bonds is 6. The molecule has 0 saturated heterocycles. The molecule has 1 nitrogen and oxygen atoms in total. The van der Waals surface area contributed by atoms with Gasteiger partial charge < -0.3 is 0 Å². The largest absolute Gasteiger partial charge is 0.416 e. The van der Waals surface area contributed by atoms with Crippen LogP contribution in [0.1, 0.15) is 52.2 Å². The fraction of sp³-hybridized carbons (Fsp3) is 0.348. The summed E-state index contributed by atoms with van der Waals surface area (Å²) in [5.74, 6) is 0.382. The van der Waals surface area contributed by atoms with E-state index in [1.54, 1.807) is 12.1 Å². The van der Waals surface area contributed by atoms with Gasteiger partial charge in [-0.05, 0) is 60.4 Å². The minimum Gasteiger partial charge on any atom is -0.294 e. The van der Waals surface area contributed by atoms with Crippen LogP contribution >= 0.6 is 11.3 Å². The lowest BCUT2D eigenvalue weighted by atomic mass is 9.96. The molecule has 5 heteroatoms. The average Bonchev–Trinajstić information content (AvgIpc) is 2.95. The first-order valence-corrected chi connectivity index (χ1v) is 10.1. The molecule has 28 heavy (non-hydrogen) atoms. The van der Waals surface area contributed by atoms with E-state index >= 15 is 0 Å². The van der Waals surface area contributed by atoms with Crippen molar-refractivity contribution < 1.29 is 18.0 Å². The molecular formula is C23H22F3OS. The van der Waals surface area contributed by atoms with Crippen LogP contribution in [0.4, 0.5) is 13.2 Å². The monoisotopic (exact) mass is 403 g/mol. The summed E-state index contributed by atoms with van der Waals surface area (Å²) >= 11 is 1.37. The summed E-state index contributed by atoms with van der Waals surface area (Å²) in [6.07, 6.45) is -2.72. The normalized spacial score (nSPS) is 12.1. The Bertz CT molecular complexity index is 999. The zero-order valence-electron chi connectivity index (χ0n) is 16.1. The predicted molar refractivity (Wildman–Crippen MR) is 108 cm³/mol. The van der Waals surface area contributed by atoms with Crippen molar-refractivity contribution in [2.45, 2.75) is 46.2 Å². The molecule has 0 fully saturated rings. The Balaban J connectivity index is 1.91. The van der Waals surface area contributed by atoms with Crippen molar-refractivity contribution in [2.24, 2.45) is 5.92 Å². The Morgan fingerprint density at radius 3 is 2.57 bits per heavy atom. The number of carbonyl (C=O) groups is 1. The van der Waals surface area contributed by atoms with Gasteiger partial charge >= 0.3 is 6.18 Å². The third kappa shape index (κ3) is 4.64. The van der Waals surface area contributed by atoms with E-state index in [2.05, 4.69) is 19.9 Å². The van der Waals surface area contributed by atoms with Gasteiger partial charge in [-0.2, -0.15) is 13.2 Å². The van der Waals surface area contributed by atoms with Gasteiger partial charge in [0.1, 0.15) is 0 Å². The van der Waals surface area contributed by atoms with Gasteiger partial charge in [-0.3, -0.25) is 4.79 Å². The van der Waals surface area contributed by atoms with Gasteiger partial charge in [0.25, 0.3) is 0 Å². The van der Waals surface area contributed by atoms with Crippen molar-refractivity contribution in [3.8, 4) is 0 Å². The van der Waals surface area contributed by atoms with E-state index in [0.717, 1.165) is 33.9 Å². The topological polar surface area (TPSA) is 17.1 Å². The molecule has 147 valence electrons. The minimum atomic E-state index is -4.35. The number of carbonyl (C=O) groups excluding carboxylic acids is 1. The maximum atomic E-state index is 13.1. The number of fused-ring (bicyclic) bond motifs is 1. The third-order valence-electron chi connectivity index (χ3n) is 4.64. The molecule has 0 atom stereocenters. The van der Waals surface area contributed by atoms with E-state index in [9.17, 15) is 18.0 Å². The van der Waals surface area contributed by atoms with Crippen LogP contribution in [-0.4, -0.2) is 5.78 Å². The van der Waals surface area contributed by atoms with Gasteiger partial charge in [0, 0.05) is 21.6 Å². The van der Waals surface area contributed by atoms with E-state index < -0.39 is 11.7 Å². The molecule has 0 aliphatic rings. The van der Waals surface area contributed by atoms with Crippen LogP contribution in [-0.2, 0) is 19.0 Å². The van der Waals surface area contributed by atoms with Gasteiger partial charge in [-0.1, -0.05) is 38.1 Å². The van der Waals surface area contributed by atoms with Gasteiger partial charge in [0.15, 0.2) is 5.78 Å². The number of hydrogen-bond acceptors (Lipinski definition) is 2. The Kier molecular flexibility index (Phi) is 5.94. The molecule has 0 unspecified atom stereocenters. The highest BCUT2D eigenvalue weighted by molar-refractivity contribution is 7.19. The molecule has 1 aromatic heterocycles. The lowest BCUT2D eigenvalue weighted by Gasteiger charge is -2.09. The van der Waals surface area contributed by atoms with Crippen molar-refractivity contribution in [1.29, 1.82) is 0 Å². The first kappa shape index (κ1) is 20.6. The van der Waals surface area contributed by atoms with Gasteiger partial charge in [-0.25, -0.2) is 0 Å². The van der Waals surface area contributed by atoms with Crippen LogP contribution in [0.25, 0.3) is 10.1 Å². The molecule has 0 spiro atoms. The highest BCUT2D eigenvalue weighted by Crippen LogP contribution is 2.38. The maximum Gasteiger partial charge on any atom is 0.416 e. The summed E-state index contributed by atoms with van der Waals surface area (Å²) in [7, 11) is 0. The zero-order valence-corrected chi connectivity index (χ0v) is 16.9. The van der Waals surface area contributed by atoms with E-state index in [1.807, 2.05) is 19.1 Å². The van der Waals surface area contributed by atoms with Gasteiger partial charge in [0.05, 0.1) is 5.56 Å². The summed E-state index contributed by atoms with van der Waals surface area (Å²) in [5, 5.41) is 0.872. The fourth-order valence-corrected chi connectivity index (χ4v) is 4.59. The molecule has 1 radical (unpaired) electrons. The van der Waals surface area contributed by atoms with E-state index in [1.165, 1.54) is 17.4 Å². The lowest BCUT2D eigenvalue weighted by molar-refractivity contribution is -0.137. The number of benzene rings is 2. The molecular weight excluding hydrogens is 381 g/mol. The second-order valence-corrected chi connectivity index (χ2v) is 8.62. The Hall–Kier alpha value is -2.14. The molecule has 2 aromatic carbocycles. The van der Waals surface area contributed by atoms with Crippen LogP contribution < -0.4 is 0 Å². The maximum absolute atomic E-state index is 13.1. The molecule has 0 amide bonds. The van der Waals surface area contributed by atoms with Crippen LogP contribution in [0, 0.1) is 18.9 Å². The fourth-order valence-electron chi connectivity index (χ4n) is 3.32. The van der Waals surface area contributed by atoms with Gasteiger partial charge in [-0.15, -0.1) is 11.3 Å². The van der Waals surface area contributed by atoms with Crippen molar-refractivity contribution in [3.05, 3.63) is 69.6 Å². The van der Waals surface area contributed by atoms with Crippen molar-refractivity contribution in [1.82, 2.24) is 0 Å². The number of Topliss-reactive ketones (excluding diaryl/α,β-unsaturated/α-hetero) is 1. The van der Waals surface area contributed by atoms with E-state index in [-0.39, 0.29) is 5.78 Å². The molecule has 3 aromatic rings. The van der Waals surface area contributed by atoms with Crippen molar-refractivity contribution in [2.75, 3.05) is 0 Å². The van der Waals surface area contributed by atoms with Gasteiger partial charge in [0.2, 0.25) is 0 Å². The van der Waals surface area contributed by atoms with Crippen LogP contribution in [0.2, 0.25) is 0 Å². The lowest BCUT2D eigenvalue weighted by Crippen LogP contribution is -2.04. The predicted octanol–water partition coefficient (Wildman–Crippen LogP) is 7.04. The number of ketones is 1. The molecule has 1 heterocycles. The SMILES string of the molecule is Cc1[c]c(C(=O)CCc2sc3cc(C(F)(F)F)ccc3c2CC(C)C)ccc1. The standard InChI is InChI=1S/C23H22F3OS/c1-14(2)11-19-18-8-7-17(23(24,25)26)13-22(18)28-21(19)10-9-20(27)16-6-4-5-15(3)12-16/h4-8,13-14H,9-11H2,1-3H3.